The molecule has 2 aliphatic rings. The molecule has 2 amide bonds. The summed E-state index contributed by atoms with van der Waals surface area (Å²) in [6, 6.07) is 12.5. The number of piperidine rings is 1. The zero-order valence-electron chi connectivity index (χ0n) is 18.3. The van der Waals surface area contributed by atoms with Crippen molar-refractivity contribution in [3.05, 3.63) is 53.9 Å². The number of fused-ring (bicyclic) bond motifs is 3. The number of nitrogens with zero attached hydrogens (tertiary/aromatic N) is 4. The van der Waals surface area contributed by atoms with E-state index in [9.17, 15) is 9.59 Å². The normalized spacial score (nSPS) is 19.7. The van der Waals surface area contributed by atoms with Crippen LogP contribution in [0.25, 0.3) is 5.69 Å². The van der Waals surface area contributed by atoms with Crippen LogP contribution in [0.15, 0.2) is 42.6 Å². The van der Waals surface area contributed by atoms with Gasteiger partial charge in [-0.25, -0.2) is 0 Å². The van der Waals surface area contributed by atoms with Crippen LogP contribution in [0.3, 0.4) is 0 Å². The summed E-state index contributed by atoms with van der Waals surface area (Å²) in [5, 5.41) is 0. The predicted molar refractivity (Wildman–Crippen MR) is 117 cm³/mol. The predicted octanol–water partition coefficient (Wildman–Crippen LogP) is 3.21. The number of hydrogen-bond donors (Lipinski definition) is 0. The molecule has 1 aromatic heterocycles. The van der Waals surface area contributed by atoms with Gasteiger partial charge in [0, 0.05) is 63.3 Å². The highest BCUT2D eigenvalue weighted by Gasteiger charge is 2.40. The van der Waals surface area contributed by atoms with E-state index in [1.165, 1.54) is 5.56 Å². The van der Waals surface area contributed by atoms with Crippen LogP contribution in [0.5, 0.6) is 0 Å². The fraction of sp³-hybridized carbons (Fsp3) is 0.500. The minimum atomic E-state index is -0.318. The topological polar surface area (TPSA) is 48.8 Å². The third-order valence-corrected chi connectivity index (χ3v) is 6.68. The summed E-state index contributed by atoms with van der Waals surface area (Å²) in [6.45, 7) is 9.38. The Labute approximate surface area is 179 Å². The second-order valence-corrected chi connectivity index (χ2v) is 8.25. The highest BCUT2D eigenvalue weighted by atomic mass is 16.2. The van der Waals surface area contributed by atoms with Gasteiger partial charge in [-0.3, -0.25) is 14.5 Å². The first-order chi connectivity index (χ1) is 14.5. The first-order valence-electron chi connectivity index (χ1n) is 11.1. The molecular formula is C24H32N4O2. The van der Waals surface area contributed by atoms with Crippen LogP contribution < -0.4 is 0 Å². The fourth-order valence-electron chi connectivity index (χ4n) is 5.00. The average molecular weight is 409 g/mol. The maximum Gasteiger partial charge on any atom is 0.246 e. The van der Waals surface area contributed by atoms with Crippen molar-refractivity contribution in [2.45, 2.75) is 52.2 Å². The number of para-hydroxylation sites is 1. The van der Waals surface area contributed by atoms with E-state index in [-0.39, 0.29) is 23.9 Å². The first kappa shape index (κ1) is 20.7. The Morgan fingerprint density at radius 2 is 1.73 bits per heavy atom. The van der Waals surface area contributed by atoms with E-state index in [1.807, 2.05) is 29.7 Å². The molecule has 0 spiro atoms. The lowest BCUT2D eigenvalue weighted by atomic mass is 9.98. The van der Waals surface area contributed by atoms with Crippen molar-refractivity contribution in [1.82, 2.24) is 19.3 Å². The monoisotopic (exact) mass is 408 g/mol. The number of carbonyl (C=O) groups is 2. The van der Waals surface area contributed by atoms with E-state index >= 15 is 0 Å². The molecule has 6 nitrogen and oxygen atoms in total. The lowest BCUT2D eigenvalue weighted by Gasteiger charge is -2.42. The molecule has 160 valence electrons. The highest BCUT2D eigenvalue weighted by molar-refractivity contribution is 5.83. The van der Waals surface area contributed by atoms with Crippen molar-refractivity contribution in [3.63, 3.8) is 0 Å². The maximum atomic E-state index is 13.8. The third-order valence-electron chi connectivity index (χ3n) is 6.68. The van der Waals surface area contributed by atoms with Crippen LogP contribution in [-0.4, -0.2) is 63.3 Å². The standard InChI is InChI=1S/C24H32N4O2/c1-4-25(5-2)24(30)23-22-11-8-14-27(22)21-10-7-6-9-19(21)17-28(23)20-12-15-26(16-13-20)18(3)29/h6-11,14,20,23H,4-5,12-13,15-17H2,1-3H3/t23-/m0/s1. The van der Waals surface area contributed by atoms with E-state index in [0.717, 1.165) is 43.9 Å². The highest BCUT2D eigenvalue weighted by Crippen LogP contribution is 2.36. The van der Waals surface area contributed by atoms with Crippen LogP contribution in [0.1, 0.15) is 50.9 Å². The minimum absolute atomic E-state index is 0.138. The Kier molecular flexibility index (Phi) is 5.95. The Hall–Kier alpha value is -2.60. The molecule has 1 aromatic carbocycles. The van der Waals surface area contributed by atoms with Crippen LogP contribution in [0.4, 0.5) is 0 Å². The van der Waals surface area contributed by atoms with Gasteiger partial charge in [0.15, 0.2) is 0 Å². The Bertz CT molecular complexity index is 909. The number of amides is 2. The quantitative estimate of drug-likeness (QED) is 0.781. The Balaban J connectivity index is 1.76. The second-order valence-electron chi connectivity index (χ2n) is 8.25. The first-order valence-corrected chi connectivity index (χ1v) is 11.1. The molecule has 4 rings (SSSR count). The van der Waals surface area contributed by atoms with Crippen LogP contribution in [0.2, 0.25) is 0 Å². The van der Waals surface area contributed by atoms with Crippen molar-refractivity contribution in [3.8, 4) is 5.69 Å². The molecule has 1 saturated heterocycles. The third kappa shape index (κ3) is 3.65. The zero-order valence-corrected chi connectivity index (χ0v) is 18.3. The molecule has 30 heavy (non-hydrogen) atoms. The number of aromatic nitrogens is 1. The van der Waals surface area contributed by atoms with Gasteiger partial charge < -0.3 is 14.4 Å². The van der Waals surface area contributed by atoms with Gasteiger partial charge in [0.05, 0.1) is 0 Å². The molecule has 0 bridgehead atoms. The van der Waals surface area contributed by atoms with Crippen LogP contribution in [0, 0.1) is 0 Å². The summed E-state index contributed by atoms with van der Waals surface area (Å²) in [4.78, 5) is 31.8. The molecule has 0 N–H and O–H groups in total. The van der Waals surface area contributed by atoms with Crippen molar-refractivity contribution in [2.75, 3.05) is 26.2 Å². The molecule has 1 fully saturated rings. The van der Waals surface area contributed by atoms with E-state index in [2.05, 4.69) is 46.0 Å². The number of rotatable bonds is 4. The second kappa shape index (κ2) is 8.64. The largest absolute Gasteiger partial charge is 0.343 e. The lowest BCUT2D eigenvalue weighted by Crippen LogP contribution is -2.50. The zero-order chi connectivity index (χ0) is 21.3. The van der Waals surface area contributed by atoms with Gasteiger partial charge in [0.2, 0.25) is 11.8 Å². The summed E-state index contributed by atoms with van der Waals surface area (Å²) >= 11 is 0. The van der Waals surface area contributed by atoms with Crippen molar-refractivity contribution >= 4 is 11.8 Å². The van der Waals surface area contributed by atoms with E-state index in [4.69, 9.17) is 0 Å². The molecule has 2 aliphatic heterocycles. The van der Waals surface area contributed by atoms with Gasteiger partial charge in [-0.15, -0.1) is 0 Å². The minimum Gasteiger partial charge on any atom is -0.343 e. The summed E-state index contributed by atoms with van der Waals surface area (Å²) in [7, 11) is 0. The van der Waals surface area contributed by atoms with Gasteiger partial charge in [-0.1, -0.05) is 18.2 Å². The Morgan fingerprint density at radius 1 is 1.03 bits per heavy atom. The van der Waals surface area contributed by atoms with Crippen LogP contribution in [-0.2, 0) is 16.1 Å². The SMILES string of the molecule is CCN(CC)C(=O)[C@@H]1c2cccn2-c2ccccc2CN1C1CCN(C(C)=O)CC1. The molecule has 0 unspecified atom stereocenters. The van der Waals surface area contributed by atoms with E-state index < -0.39 is 0 Å². The summed E-state index contributed by atoms with van der Waals surface area (Å²) in [5.41, 5.74) is 3.42. The smallest absolute Gasteiger partial charge is 0.246 e. The lowest BCUT2D eigenvalue weighted by molar-refractivity contribution is -0.140. The summed E-state index contributed by atoms with van der Waals surface area (Å²) < 4.78 is 2.19. The molecule has 6 heteroatoms. The molecule has 1 atom stereocenters. The maximum absolute atomic E-state index is 13.8. The number of benzene rings is 1. The van der Waals surface area contributed by atoms with Crippen LogP contribution >= 0.6 is 0 Å². The van der Waals surface area contributed by atoms with Gasteiger partial charge >= 0.3 is 0 Å². The fourth-order valence-corrected chi connectivity index (χ4v) is 5.00. The van der Waals surface area contributed by atoms with E-state index in [0.29, 0.717) is 13.1 Å². The van der Waals surface area contributed by atoms with Crippen molar-refractivity contribution in [2.24, 2.45) is 0 Å². The molecule has 0 saturated carbocycles. The van der Waals surface area contributed by atoms with Crippen molar-refractivity contribution < 1.29 is 9.59 Å². The molecule has 0 aliphatic carbocycles. The van der Waals surface area contributed by atoms with Crippen molar-refractivity contribution in [1.29, 1.82) is 0 Å². The van der Waals surface area contributed by atoms with Gasteiger partial charge in [0.1, 0.15) is 6.04 Å². The number of carbonyl (C=O) groups excluding carboxylic acids is 2. The van der Waals surface area contributed by atoms with E-state index in [1.54, 1.807) is 6.92 Å². The van der Waals surface area contributed by atoms with Gasteiger partial charge in [-0.05, 0) is 50.5 Å². The van der Waals surface area contributed by atoms with Gasteiger partial charge in [-0.2, -0.15) is 0 Å². The number of likely N-dealkylation sites (tertiary alicyclic amines) is 1. The molecule has 3 heterocycles. The molecular weight excluding hydrogens is 376 g/mol. The number of likely N-dealkylation sites (N-methyl/N-ethyl adjacent to an activating group) is 1. The Morgan fingerprint density at radius 3 is 2.40 bits per heavy atom. The average Bonchev–Trinajstić information content (AvgIpc) is 3.19. The summed E-state index contributed by atoms with van der Waals surface area (Å²) in [6.07, 6.45) is 3.85. The van der Waals surface area contributed by atoms with Gasteiger partial charge in [0.25, 0.3) is 0 Å². The summed E-state index contributed by atoms with van der Waals surface area (Å²) in [5.74, 6) is 0.307. The number of hydrogen-bond acceptors (Lipinski definition) is 3. The molecule has 2 aromatic rings. The molecule has 0 radical (unpaired) electrons.